The minimum Gasteiger partial charge on any atom is -0.427 e. The highest BCUT2D eigenvalue weighted by Crippen LogP contribution is 2.50. The summed E-state index contributed by atoms with van der Waals surface area (Å²) in [7, 11) is 2.01. The number of hydrogen-bond donors (Lipinski definition) is 0. The molecule has 29 heavy (non-hydrogen) atoms. The van der Waals surface area contributed by atoms with E-state index in [0.717, 1.165) is 41.1 Å². The molecule has 4 nitrogen and oxygen atoms in total. The van der Waals surface area contributed by atoms with Crippen LogP contribution < -0.4 is 9.64 Å². The Morgan fingerprint density at radius 2 is 1.90 bits per heavy atom. The van der Waals surface area contributed by atoms with E-state index in [4.69, 9.17) is 4.74 Å². The van der Waals surface area contributed by atoms with Gasteiger partial charge >= 0.3 is 12.1 Å². The van der Waals surface area contributed by atoms with Crippen molar-refractivity contribution in [3.63, 3.8) is 0 Å². The van der Waals surface area contributed by atoms with Crippen molar-refractivity contribution < 1.29 is 22.7 Å². The molecule has 3 rings (SSSR count). The summed E-state index contributed by atoms with van der Waals surface area (Å²) in [6.07, 6.45) is -3.59. The fraction of sp³-hybridized carbons (Fsp3) is 0.381. The minimum atomic E-state index is -4.40. The van der Waals surface area contributed by atoms with Gasteiger partial charge in [0.05, 0.1) is 16.9 Å². The van der Waals surface area contributed by atoms with Crippen LogP contribution in [0.4, 0.5) is 24.5 Å². The topological polar surface area (TPSA) is 32.8 Å². The van der Waals surface area contributed by atoms with Crippen LogP contribution >= 0.6 is 11.8 Å². The molecular formula is C21H23F3N2O2S. The second-order valence-electron chi connectivity index (χ2n) is 6.91. The van der Waals surface area contributed by atoms with Crippen LogP contribution in [0.3, 0.4) is 0 Å². The molecule has 0 aliphatic carbocycles. The summed E-state index contributed by atoms with van der Waals surface area (Å²) >= 11 is 1.38. The summed E-state index contributed by atoms with van der Waals surface area (Å²) < 4.78 is 45.0. The molecule has 0 bridgehead atoms. The lowest BCUT2D eigenvalue weighted by atomic mass is 10.1. The number of carbonyl (C=O) groups is 1. The Labute approximate surface area is 172 Å². The molecule has 0 unspecified atom stereocenters. The molecule has 1 aliphatic heterocycles. The SMILES string of the molecule is CCN(C)CCCN1c2ccc(OC(C)=O)cc2Sc2ccc(C(F)(F)F)cc21. The molecule has 0 saturated carbocycles. The molecule has 1 aliphatic rings. The zero-order valence-electron chi connectivity index (χ0n) is 16.5. The maximum atomic E-state index is 13.3. The highest BCUT2D eigenvalue weighted by atomic mass is 32.2. The zero-order chi connectivity index (χ0) is 21.2. The fourth-order valence-corrected chi connectivity index (χ4v) is 4.27. The summed E-state index contributed by atoms with van der Waals surface area (Å²) in [5.74, 6) is 0.00483. The van der Waals surface area contributed by atoms with E-state index in [2.05, 4.69) is 11.8 Å². The first-order valence-electron chi connectivity index (χ1n) is 9.36. The fourth-order valence-electron chi connectivity index (χ4n) is 3.17. The summed E-state index contributed by atoms with van der Waals surface area (Å²) in [4.78, 5) is 16.9. The number of halogens is 3. The Bertz CT molecular complexity index is 902. The van der Waals surface area contributed by atoms with E-state index in [-0.39, 0.29) is 0 Å². The highest BCUT2D eigenvalue weighted by molar-refractivity contribution is 7.99. The largest absolute Gasteiger partial charge is 0.427 e. The molecule has 0 spiro atoms. The minimum absolute atomic E-state index is 0.416. The van der Waals surface area contributed by atoms with Gasteiger partial charge in [0.25, 0.3) is 0 Å². The van der Waals surface area contributed by atoms with Crippen molar-refractivity contribution in [2.75, 3.05) is 31.6 Å². The van der Waals surface area contributed by atoms with Crippen molar-refractivity contribution in [1.82, 2.24) is 4.90 Å². The van der Waals surface area contributed by atoms with Crippen LogP contribution in [0, 0.1) is 0 Å². The number of ether oxygens (including phenoxy) is 1. The molecule has 0 amide bonds. The van der Waals surface area contributed by atoms with Crippen molar-refractivity contribution in [2.45, 2.75) is 36.2 Å². The van der Waals surface area contributed by atoms with Crippen molar-refractivity contribution in [3.05, 3.63) is 42.0 Å². The maximum absolute atomic E-state index is 13.3. The predicted molar refractivity (Wildman–Crippen MR) is 108 cm³/mol. The maximum Gasteiger partial charge on any atom is 0.416 e. The molecule has 2 aromatic rings. The number of benzene rings is 2. The summed E-state index contributed by atoms with van der Waals surface area (Å²) in [5.41, 5.74) is 0.709. The zero-order valence-corrected chi connectivity index (χ0v) is 17.4. The normalized spacial score (nSPS) is 13.3. The molecular weight excluding hydrogens is 401 g/mol. The first kappa shape index (κ1) is 21.5. The van der Waals surface area contributed by atoms with Crippen LogP contribution in [0.2, 0.25) is 0 Å². The van der Waals surface area contributed by atoms with E-state index in [0.29, 0.717) is 18.0 Å². The summed E-state index contributed by atoms with van der Waals surface area (Å²) in [5, 5.41) is 0. The van der Waals surface area contributed by atoms with Crippen LogP contribution in [0.1, 0.15) is 25.8 Å². The third-order valence-electron chi connectivity index (χ3n) is 4.74. The third-order valence-corrected chi connectivity index (χ3v) is 5.85. The summed E-state index contributed by atoms with van der Waals surface area (Å²) in [6.45, 7) is 5.73. The lowest BCUT2D eigenvalue weighted by Crippen LogP contribution is -2.27. The molecule has 8 heteroatoms. The molecule has 0 fully saturated rings. The lowest BCUT2D eigenvalue weighted by molar-refractivity contribution is -0.137. The van der Waals surface area contributed by atoms with Gasteiger partial charge in [-0.3, -0.25) is 4.79 Å². The summed E-state index contributed by atoms with van der Waals surface area (Å²) in [6, 6.07) is 9.06. The van der Waals surface area contributed by atoms with Crippen molar-refractivity contribution in [2.24, 2.45) is 0 Å². The molecule has 0 saturated heterocycles. The van der Waals surface area contributed by atoms with Crippen molar-refractivity contribution in [1.29, 1.82) is 0 Å². The number of carbonyl (C=O) groups excluding carboxylic acids is 1. The Morgan fingerprint density at radius 3 is 2.55 bits per heavy atom. The number of nitrogens with zero attached hydrogens (tertiary/aromatic N) is 2. The van der Waals surface area contributed by atoms with E-state index in [1.54, 1.807) is 18.2 Å². The van der Waals surface area contributed by atoms with Gasteiger partial charge < -0.3 is 14.5 Å². The Kier molecular flexibility index (Phi) is 6.43. The van der Waals surface area contributed by atoms with Crippen LogP contribution in [0.25, 0.3) is 0 Å². The van der Waals surface area contributed by atoms with E-state index < -0.39 is 17.7 Å². The van der Waals surface area contributed by atoms with Gasteiger partial charge in [0.15, 0.2) is 0 Å². The number of alkyl halides is 3. The van der Waals surface area contributed by atoms with Gasteiger partial charge in [-0.1, -0.05) is 18.7 Å². The number of esters is 1. The number of anilines is 2. The standard InChI is InChI=1S/C21H23F3N2O2S/c1-4-25(3)10-5-11-26-17-8-7-16(28-14(2)27)13-20(17)29-19-9-6-15(12-18(19)26)21(22,23)24/h6-9,12-13H,4-5,10-11H2,1-3H3. The van der Waals surface area contributed by atoms with E-state index >= 15 is 0 Å². The molecule has 0 radical (unpaired) electrons. The van der Waals surface area contributed by atoms with Crippen LogP contribution in [0.5, 0.6) is 5.75 Å². The van der Waals surface area contributed by atoms with Crippen LogP contribution in [0.15, 0.2) is 46.2 Å². The monoisotopic (exact) mass is 424 g/mol. The molecule has 0 atom stereocenters. The smallest absolute Gasteiger partial charge is 0.416 e. The van der Waals surface area contributed by atoms with Gasteiger partial charge in [0, 0.05) is 23.3 Å². The lowest BCUT2D eigenvalue weighted by Gasteiger charge is -2.34. The van der Waals surface area contributed by atoms with Gasteiger partial charge in [-0.15, -0.1) is 0 Å². The average Bonchev–Trinajstić information content (AvgIpc) is 2.65. The van der Waals surface area contributed by atoms with Crippen LogP contribution in [-0.2, 0) is 11.0 Å². The molecule has 0 N–H and O–H groups in total. The van der Waals surface area contributed by atoms with Crippen molar-refractivity contribution in [3.8, 4) is 5.75 Å². The second-order valence-corrected chi connectivity index (χ2v) is 7.99. The average molecular weight is 424 g/mol. The van der Waals surface area contributed by atoms with Crippen LogP contribution in [-0.4, -0.2) is 37.6 Å². The van der Waals surface area contributed by atoms with E-state index in [9.17, 15) is 18.0 Å². The number of rotatable bonds is 6. The predicted octanol–water partition coefficient (Wildman–Crippen LogP) is 5.58. The Morgan fingerprint density at radius 1 is 1.14 bits per heavy atom. The van der Waals surface area contributed by atoms with Gasteiger partial charge in [0.2, 0.25) is 0 Å². The number of fused-ring (bicyclic) bond motifs is 2. The second kappa shape index (κ2) is 8.67. The Hall–Kier alpha value is -2.19. The quantitative estimate of drug-likeness (QED) is 0.447. The third kappa shape index (κ3) is 5.05. The van der Waals surface area contributed by atoms with Gasteiger partial charge in [-0.05, 0) is 63.0 Å². The Balaban J connectivity index is 1.98. The van der Waals surface area contributed by atoms with Gasteiger partial charge in [-0.2, -0.15) is 13.2 Å². The molecule has 156 valence electrons. The molecule has 1 heterocycles. The van der Waals surface area contributed by atoms with E-state index in [1.807, 2.05) is 11.9 Å². The van der Waals surface area contributed by atoms with Crippen molar-refractivity contribution >= 4 is 29.1 Å². The first-order chi connectivity index (χ1) is 13.7. The molecule has 2 aromatic carbocycles. The molecule has 0 aromatic heterocycles. The highest BCUT2D eigenvalue weighted by Gasteiger charge is 2.33. The first-order valence-corrected chi connectivity index (χ1v) is 10.2. The van der Waals surface area contributed by atoms with Gasteiger partial charge in [-0.25, -0.2) is 0 Å². The van der Waals surface area contributed by atoms with Gasteiger partial charge in [0.1, 0.15) is 5.75 Å². The number of hydrogen-bond acceptors (Lipinski definition) is 5. The van der Waals surface area contributed by atoms with E-state index in [1.165, 1.54) is 30.8 Å².